The van der Waals surface area contributed by atoms with Gasteiger partial charge in [0.05, 0.1) is 12.6 Å². The molecule has 7 heteroatoms. The van der Waals surface area contributed by atoms with Crippen molar-refractivity contribution in [2.24, 2.45) is 5.92 Å². The van der Waals surface area contributed by atoms with E-state index in [2.05, 4.69) is 20.9 Å². The van der Waals surface area contributed by atoms with Crippen molar-refractivity contribution in [1.82, 2.24) is 9.97 Å². The number of para-hydroxylation sites is 1. The van der Waals surface area contributed by atoms with Crippen LogP contribution in [-0.4, -0.2) is 23.0 Å². The second kappa shape index (κ2) is 8.55. The fraction of sp³-hybridized carbons (Fsp3) is 0.160. The Labute approximate surface area is 185 Å². The Kier molecular flexibility index (Phi) is 5.29. The molecule has 3 aromatic carbocycles. The maximum Gasteiger partial charge on any atom is 0.229 e. The maximum atomic E-state index is 12.1. The van der Waals surface area contributed by atoms with Crippen molar-refractivity contribution in [3.63, 3.8) is 0 Å². The number of amides is 1. The highest BCUT2D eigenvalue weighted by atomic mass is 16.5. The highest BCUT2D eigenvalue weighted by molar-refractivity contribution is 5.95. The number of nitrogens with zero attached hydrogens (tertiary/aromatic N) is 2. The van der Waals surface area contributed by atoms with Crippen molar-refractivity contribution in [2.45, 2.75) is 12.8 Å². The second-order valence-corrected chi connectivity index (χ2v) is 7.74. The Bertz CT molecular complexity index is 1290. The molecule has 0 saturated heterocycles. The largest absolute Gasteiger partial charge is 0.497 e. The molecule has 160 valence electrons. The van der Waals surface area contributed by atoms with Gasteiger partial charge in [-0.1, -0.05) is 24.3 Å². The summed E-state index contributed by atoms with van der Waals surface area (Å²) in [5.41, 5.74) is 3.23. The van der Waals surface area contributed by atoms with E-state index in [1.165, 1.54) is 0 Å². The first-order chi connectivity index (χ1) is 15.7. The molecular weight excluding hydrogens is 402 g/mol. The average Bonchev–Trinajstić information content (AvgIpc) is 3.65. The number of carbonyl (C=O) groups is 1. The minimum absolute atomic E-state index is 0.0828. The number of methoxy groups -OCH3 is 1. The van der Waals surface area contributed by atoms with Crippen LogP contribution in [0.15, 0.2) is 72.8 Å². The molecule has 5 rings (SSSR count). The number of hydrogen-bond donors (Lipinski definition) is 3. The smallest absolute Gasteiger partial charge is 0.229 e. The molecule has 7 nitrogen and oxygen atoms in total. The molecule has 3 N–H and O–H groups in total. The number of fused-ring (bicyclic) bond motifs is 1. The van der Waals surface area contributed by atoms with Gasteiger partial charge in [0.25, 0.3) is 0 Å². The average molecular weight is 425 g/mol. The SMILES string of the molecule is COc1cccc(Nc2nc(Nc3cccc(NC(=O)C4CC4)c3)c3ccccc3n2)c1. The summed E-state index contributed by atoms with van der Waals surface area (Å²) in [6.45, 7) is 0. The summed E-state index contributed by atoms with van der Waals surface area (Å²) < 4.78 is 5.30. The van der Waals surface area contributed by atoms with E-state index in [1.54, 1.807) is 7.11 Å². The van der Waals surface area contributed by atoms with Gasteiger partial charge in [-0.25, -0.2) is 4.98 Å². The molecule has 1 aliphatic rings. The first-order valence-electron chi connectivity index (χ1n) is 10.5. The molecule has 1 aromatic heterocycles. The number of rotatable bonds is 7. The zero-order valence-electron chi connectivity index (χ0n) is 17.6. The minimum Gasteiger partial charge on any atom is -0.497 e. The second-order valence-electron chi connectivity index (χ2n) is 7.74. The molecule has 1 saturated carbocycles. The normalized spacial score (nSPS) is 12.9. The quantitative estimate of drug-likeness (QED) is 0.364. The van der Waals surface area contributed by atoms with Crippen LogP contribution in [0.5, 0.6) is 5.75 Å². The molecule has 32 heavy (non-hydrogen) atoms. The van der Waals surface area contributed by atoms with Crippen molar-refractivity contribution in [3.05, 3.63) is 72.8 Å². The third-order valence-corrected chi connectivity index (χ3v) is 5.27. The van der Waals surface area contributed by atoms with Crippen molar-refractivity contribution >= 4 is 45.6 Å². The van der Waals surface area contributed by atoms with Gasteiger partial charge >= 0.3 is 0 Å². The highest BCUT2D eigenvalue weighted by Gasteiger charge is 2.29. The summed E-state index contributed by atoms with van der Waals surface area (Å²) in [6, 6.07) is 23.1. The molecule has 0 unspecified atom stereocenters. The number of ether oxygens (including phenoxy) is 1. The van der Waals surface area contributed by atoms with Crippen LogP contribution >= 0.6 is 0 Å². The van der Waals surface area contributed by atoms with Crippen molar-refractivity contribution < 1.29 is 9.53 Å². The van der Waals surface area contributed by atoms with Gasteiger partial charge < -0.3 is 20.7 Å². The minimum atomic E-state index is 0.0828. The first kappa shape index (κ1) is 19.8. The molecule has 1 fully saturated rings. The summed E-state index contributed by atoms with van der Waals surface area (Å²) in [5, 5.41) is 10.5. The van der Waals surface area contributed by atoms with Gasteiger partial charge in [0.2, 0.25) is 11.9 Å². The fourth-order valence-corrected chi connectivity index (χ4v) is 3.46. The van der Waals surface area contributed by atoms with Crippen molar-refractivity contribution in [2.75, 3.05) is 23.1 Å². The lowest BCUT2D eigenvalue weighted by Crippen LogP contribution is -2.13. The monoisotopic (exact) mass is 425 g/mol. The van der Waals surface area contributed by atoms with E-state index >= 15 is 0 Å². The van der Waals surface area contributed by atoms with Crippen LogP contribution in [0, 0.1) is 5.92 Å². The van der Waals surface area contributed by atoms with Gasteiger partial charge in [0.1, 0.15) is 11.6 Å². The number of carbonyl (C=O) groups excluding carboxylic acids is 1. The van der Waals surface area contributed by atoms with E-state index in [1.807, 2.05) is 72.8 Å². The van der Waals surface area contributed by atoms with Crippen molar-refractivity contribution in [3.8, 4) is 5.75 Å². The Morgan fingerprint density at radius 2 is 1.62 bits per heavy atom. The number of nitrogens with one attached hydrogen (secondary N) is 3. The van der Waals surface area contributed by atoms with Gasteiger partial charge in [0.15, 0.2) is 0 Å². The third kappa shape index (κ3) is 4.46. The predicted molar refractivity (Wildman–Crippen MR) is 127 cm³/mol. The van der Waals surface area contributed by atoms with Crippen LogP contribution in [0.25, 0.3) is 10.9 Å². The number of aromatic nitrogens is 2. The maximum absolute atomic E-state index is 12.1. The molecule has 0 atom stereocenters. The predicted octanol–water partition coefficient (Wildman–Crippen LogP) is 5.47. The van der Waals surface area contributed by atoms with E-state index in [0.717, 1.165) is 46.6 Å². The number of benzene rings is 3. The number of anilines is 5. The Balaban J connectivity index is 1.44. The summed E-state index contributed by atoms with van der Waals surface area (Å²) in [7, 11) is 1.63. The molecule has 1 amide bonds. The molecular formula is C25H23N5O2. The third-order valence-electron chi connectivity index (χ3n) is 5.27. The summed E-state index contributed by atoms with van der Waals surface area (Å²) in [6.07, 6.45) is 1.94. The number of hydrogen-bond acceptors (Lipinski definition) is 6. The van der Waals surface area contributed by atoms with E-state index in [4.69, 9.17) is 9.72 Å². The van der Waals surface area contributed by atoms with Crippen LogP contribution in [-0.2, 0) is 4.79 Å². The van der Waals surface area contributed by atoms with E-state index in [0.29, 0.717) is 11.8 Å². The van der Waals surface area contributed by atoms with Crippen LogP contribution in [0.2, 0.25) is 0 Å². The Hall–Kier alpha value is -4.13. The van der Waals surface area contributed by atoms with E-state index < -0.39 is 0 Å². The van der Waals surface area contributed by atoms with Gasteiger partial charge in [-0.05, 0) is 55.3 Å². The van der Waals surface area contributed by atoms with E-state index in [9.17, 15) is 4.79 Å². The molecule has 4 aromatic rings. The molecule has 0 radical (unpaired) electrons. The van der Waals surface area contributed by atoms with Gasteiger partial charge in [-0.15, -0.1) is 0 Å². The van der Waals surface area contributed by atoms with Crippen molar-refractivity contribution in [1.29, 1.82) is 0 Å². The van der Waals surface area contributed by atoms with Crippen LogP contribution in [0.3, 0.4) is 0 Å². The Morgan fingerprint density at radius 1 is 0.875 bits per heavy atom. The molecule has 0 bridgehead atoms. The lowest BCUT2D eigenvalue weighted by molar-refractivity contribution is -0.117. The fourth-order valence-electron chi connectivity index (χ4n) is 3.46. The van der Waals surface area contributed by atoms with E-state index in [-0.39, 0.29) is 11.8 Å². The summed E-state index contributed by atoms with van der Waals surface area (Å²) in [5.74, 6) is 2.13. The topological polar surface area (TPSA) is 88.2 Å². The first-order valence-corrected chi connectivity index (χ1v) is 10.5. The standard InChI is InChI=1S/C25H23N5O2/c1-32-20-9-5-8-19(15-20)28-25-29-22-11-3-2-10-21(22)23(30-25)26-17-6-4-7-18(14-17)27-24(31)16-12-13-16/h2-11,14-16H,12-13H2,1H3,(H,27,31)(H2,26,28,29,30). The van der Waals surface area contributed by atoms with Crippen LogP contribution in [0.1, 0.15) is 12.8 Å². The highest BCUT2D eigenvalue weighted by Crippen LogP contribution is 2.31. The summed E-state index contributed by atoms with van der Waals surface area (Å²) in [4.78, 5) is 21.5. The molecule has 1 aliphatic carbocycles. The zero-order chi connectivity index (χ0) is 21.9. The molecule has 0 spiro atoms. The zero-order valence-corrected chi connectivity index (χ0v) is 17.6. The lowest BCUT2D eigenvalue weighted by Gasteiger charge is -2.13. The van der Waals surface area contributed by atoms with Crippen LogP contribution in [0.4, 0.5) is 28.8 Å². The van der Waals surface area contributed by atoms with Gasteiger partial charge in [0, 0.05) is 34.4 Å². The van der Waals surface area contributed by atoms with Gasteiger partial charge in [-0.3, -0.25) is 4.79 Å². The molecule has 1 heterocycles. The Morgan fingerprint density at radius 3 is 2.44 bits per heavy atom. The van der Waals surface area contributed by atoms with Gasteiger partial charge in [-0.2, -0.15) is 4.98 Å². The lowest BCUT2D eigenvalue weighted by atomic mass is 10.2. The molecule has 0 aliphatic heterocycles. The van der Waals surface area contributed by atoms with Crippen LogP contribution < -0.4 is 20.7 Å². The summed E-state index contributed by atoms with van der Waals surface area (Å²) >= 11 is 0.